The fraction of sp³-hybridized carbons (Fsp3) is 0.667. The lowest BCUT2D eigenvalue weighted by atomic mass is 10.7. The molecular formula is C6H7BF6O2P+. The molecule has 0 N–H and O–H groups in total. The van der Waals surface area contributed by atoms with Crippen molar-refractivity contribution in [3.8, 4) is 0 Å². The van der Waals surface area contributed by atoms with Crippen LogP contribution in [-0.4, -0.2) is 32.7 Å². The fourth-order valence-corrected chi connectivity index (χ4v) is 2.02. The van der Waals surface area contributed by atoms with Crippen LogP contribution in [0.5, 0.6) is 0 Å². The van der Waals surface area contributed by atoms with E-state index in [2.05, 4.69) is 15.6 Å². The number of alkyl halides is 6. The molecule has 0 saturated carbocycles. The first-order valence-corrected chi connectivity index (χ1v) is 5.59. The first kappa shape index (κ1) is 15.6. The highest BCUT2D eigenvalue weighted by atomic mass is 31.2. The lowest BCUT2D eigenvalue weighted by Crippen LogP contribution is -2.24. The Morgan fingerprint density at radius 1 is 1.12 bits per heavy atom. The van der Waals surface area contributed by atoms with E-state index in [4.69, 9.17) is 7.57 Å². The Balaban J connectivity index is 4.51. The highest BCUT2D eigenvalue weighted by molar-refractivity contribution is 7.89. The van der Waals surface area contributed by atoms with Crippen molar-refractivity contribution in [2.75, 3.05) is 12.8 Å². The molecule has 0 amide bonds. The average molecular weight is 267 g/mol. The minimum absolute atomic E-state index is 0.524. The van der Waals surface area contributed by atoms with Crippen LogP contribution in [0.3, 0.4) is 0 Å². The maximum atomic E-state index is 12.0. The van der Waals surface area contributed by atoms with Gasteiger partial charge in [-0.1, -0.05) is 6.58 Å². The minimum atomic E-state index is -4.78. The van der Waals surface area contributed by atoms with Gasteiger partial charge in [-0.15, -0.1) is 0 Å². The first-order valence-electron chi connectivity index (χ1n) is 3.71. The third kappa shape index (κ3) is 7.81. The summed E-state index contributed by atoms with van der Waals surface area (Å²) in [5.41, 5.74) is 0. The van der Waals surface area contributed by atoms with Crippen LogP contribution in [-0.2, 0) is 9.05 Å². The summed E-state index contributed by atoms with van der Waals surface area (Å²) in [7, 11) is 0.827. The minimum Gasteiger partial charge on any atom is -0.347 e. The van der Waals surface area contributed by atoms with Gasteiger partial charge in [0.2, 0.25) is 0 Å². The Labute approximate surface area is 89.5 Å². The van der Waals surface area contributed by atoms with Gasteiger partial charge in [-0.05, 0) is 0 Å². The molecule has 0 aliphatic rings. The Bertz CT molecular complexity index is 242. The molecule has 0 aromatic carbocycles. The molecule has 0 fully saturated rings. The molecule has 92 valence electrons. The van der Waals surface area contributed by atoms with Gasteiger partial charge in [0, 0.05) is 0 Å². The SMILES string of the molecule is [B][P+](CC(F)(F)F)(OC=C)OCC(F)(F)F. The molecule has 1 unspecified atom stereocenters. The van der Waals surface area contributed by atoms with Gasteiger partial charge in [0.15, 0.2) is 12.8 Å². The lowest BCUT2D eigenvalue weighted by molar-refractivity contribution is -0.155. The van der Waals surface area contributed by atoms with E-state index in [1.54, 1.807) is 0 Å². The zero-order valence-corrected chi connectivity index (χ0v) is 8.70. The molecular weight excluding hydrogens is 260 g/mol. The molecule has 0 bridgehead atoms. The molecule has 0 aliphatic carbocycles. The zero-order valence-electron chi connectivity index (χ0n) is 7.81. The van der Waals surface area contributed by atoms with E-state index in [9.17, 15) is 26.3 Å². The molecule has 2 radical (unpaired) electrons. The van der Waals surface area contributed by atoms with Crippen molar-refractivity contribution in [1.82, 2.24) is 0 Å². The Morgan fingerprint density at radius 3 is 1.94 bits per heavy atom. The number of hydrogen-bond donors (Lipinski definition) is 0. The summed E-state index contributed by atoms with van der Waals surface area (Å²) < 4.78 is 79.3. The van der Waals surface area contributed by atoms with Crippen LogP contribution in [0.4, 0.5) is 26.3 Å². The van der Waals surface area contributed by atoms with Crippen LogP contribution < -0.4 is 0 Å². The smallest absolute Gasteiger partial charge is 0.347 e. The van der Waals surface area contributed by atoms with Gasteiger partial charge in [0.25, 0.3) is 7.59 Å². The fourth-order valence-electron chi connectivity index (χ4n) is 0.672. The highest BCUT2D eigenvalue weighted by Gasteiger charge is 2.51. The van der Waals surface area contributed by atoms with Crippen LogP contribution in [0, 0.1) is 0 Å². The number of rotatable bonds is 5. The monoisotopic (exact) mass is 267 g/mol. The van der Waals surface area contributed by atoms with Gasteiger partial charge in [-0.2, -0.15) is 26.3 Å². The van der Waals surface area contributed by atoms with E-state index < -0.39 is 32.7 Å². The van der Waals surface area contributed by atoms with Crippen molar-refractivity contribution in [2.24, 2.45) is 0 Å². The molecule has 16 heavy (non-hydrogen) atoms. The topological polar surface area (TPSA) is 18.5 Å². The van der Waals surface area contributed by atoms with Gasteiger partial charge >= 0.3 is 19.9 Å². The summed E-state index contributed by atoms with van der Waals surface area (Å²) >= 11 is 0. The molecule has 0 aromatic heterocycles. The van der Waals surface area contributed by atoms with E-state index >= 15 is 0 Å². The lowest BCUT2D eigenvalue weighted by Gasteiger charge is -2.21. The molecule has 10 heteroatoms. The molecule has 0 spiro atoms. The second-order valence-corrected chi connectivity index (χ2v) is 4.90. The Morgan fingerprint density at radius 2 is 1.62 bits per heavy atom. The Kier molecular flexibility index (Phi) is 5.13. The van der Waals surface area contributed by atoms with E-state index in [1.807, 2.05) is 0 Å². The van der Waals surface area contributed by atoms with Gasteiger partial charge in [0.1, 0.15) is 6.26 Å². The Hall–Kier alpha value is -0.425. The molecule has 0 heterocycles. The standard InChI is InChI=1S/C6H7BF6O2P/c1-2-14-16(7,4-6(11,12)13)15-3-5(8,9)10/h2H,1,3-4H2/q+1. The summed E-state index contributed by atoms with van der Waals surface area (Å²) in [5, 5.41) is 0. The molecule has 0 rings (SSSR count). The second kappa shape index (κ2) is 5.27. The quantitative estimate of drug-likeness (QED) is 0.329. The summed E-state index contributed by atoms with van der Waals surface area (Å²) in [5.74, 6) is 0. The van der Waals surface area contributed by atoms with Gasteiger partial charge in [-0.25, -0.2) is 4.52 Å². The summed E-state index contributed by atoms with van der Waals surface area (Å²) in [6.07, 6.45) is -10.8. The molecule has 2 nitrogen and oxygen atoms in total. The summed E-state index contributed by atoms with van der Waals surface area (Å²) in [6, 6.07) is 0. The maximum Gasteiger partial charge on any atom is 0.457 e. The first-order chi connectivity index (χ1) is 6.97. The van der Waals surface area contributed by atoms with E-state index in [-0.39, 0.29) is 0 Å². The summed E-state index contributed by atoms with van der Waals surface area (Å²) in [4.78, 5) is 0. The second-order valence-electron chi connectivity index (χ2n) is 2.66. The van der Waals surface area contributed by atoms with Crippen molar-refractivity contribution >= 4 is 15.2 Å². The van der Waals surface area contributed by atoms with Crippen LogP contribution in [0.15, 0.2) is 12.8 Å². The van der Waals surface area contributed by atoms with Crippen molar-refractivity contribution in [1.29, 1.82) is 0 Å². The van der Waals surface area contributed by atoms with Crippen molar-refractivity contribution in [2.45, 2.75) is 12.4 Å². The number of halogens is 6. The predicted molar refractivity (Wildman–Crippen MR) is 46.9 cm³/mol. The highest BCUT2D eigenvalue weighted by Crippen LogP contribution is 2.60. The van der Waals surface area contributed by atoms with Crippen molar-refractivity contribution in [3.63, 3.8) is 0 Å². The van der Waals surface area contributed by atoms with E-state index in [1.165, 1.54) is 0 Å². The molecule has 0 saturated heterocycles. The van der Waals surface area contributed by atoms with Gasteiger partial charge in [-0.3, -0.25) is 0 Å². The summed E-state index contributed by atoms with van der Waals surface area (Å²) in [6.45, 7) is 1.02. The zero-order chi connectivity index (χ0) is 13.0. The maximum absolute atomic E-state index is 12.0. The predicted octanol–water partition coefficient (Wildman–Crippen LogP) is 3.22. The largest absolute Gasteiger partial charge is 0.457 e. The van der Waals surface area contributed by atoms with Gasteiger partial charge < -0.3 is 4.52 Å². The third-order valence-corrected chi connectivity index (χ3v) is 2.97. The van der Waals surface area contributed by atoms with Crippen LogP contribution in [0.1, 0.15) is 0 Å². The van der Waals surface area contributed by atoms with E-state index in [0.717, 1.165) is 0 Å². The van der Waals surface area contributed by atoms with Gasteiger partial charge in [0.05, 0.1) is 0 Å². The van der Waals surface area contributed by atoms with Crippen LogP contribution in [0.25, 0.3) is 0 Å². The molecule has 0 aliphatic heterocycles. The normalized spacial score (nSPS) is 16.6. The molecule has 0 aromatic rings. The molecule has 1 atom stereocenters. The van der Waals surface area contributed by atoms with Crippen molar-refractivity contribution < 1.29 is 35.4 Å². The van der Waals surface area contributed by atoms with E-state index in [0.29, 0.717) is 6.26 Å². The third-order valence-electron chi connectivity index (χ3n) is 1.10. The average Bonchev–Trinajstić information content (AvgIpc) is 1.96. The number of hydrogen-bond acceptors (Lipinski definition) is 2. The van der Waals surface area contributed by atoms with Crippen molar-refractivity contribution in [3.05, 3.63) is 12.8 Å². The van der Waals surface area contributed by atoms with Crippen LogP contribution >= 0.6 is 7.59 Å². The van der Waals surface area contributed by atoms with Crippen LogP contribution in [0.2, 0.25) is 0 Å².